The standard InChI is InChI=1S/C25H20N2O4S/c1-30-20-9-11-21(12-10-20)32(17-27-15-24(32)25(28)29)23-8-3-2-7-22(23)31-16-19-6-4-5-18(13-19)14-26/h2-13,15,17H,16H2,1H3,(H,28,29). The lowest BCUT2D eigenvalue weighted by Gasteiger charge is -2.35. The summed E-state index contributed by atoms with van der Waals surface area (Å²) >= 11 is 0. The molecule has 1 aliphatic heterocycles. The summed E-state index contributed by atoms with van der Waals surface area (Å²) in [7, 11) is -0.709. The van der Waals surface area contributed by atoms with Gasteiger partial charge in [0, 0.05) is 16.0 Å². The van der Waals surface area contributed by atoms with Gasteiger partial charge in [-0.05, 0) is 54.1 Å². The van der Waals surface area contributed by atoms with Crippen molar-refractivity contribution in [2.24, 2.45) is 4.99 Å². The molecule has 3 aromatic rings. The molecule has 4 rings (SSSR count). The molecule has 0 saturated carbocycles. The van der Waals surface area contributed by atoms with Crippen molar-refractivity contribution < 1.29 is 19.4 Å². The Morgan fingerprint density at radius 3 is 2.59 bits per heavy atom. The minimum absolute atomic E-state index is 0.213. The van der Waals surface area contributed by atoms with Crippen LogP contribution >= 0.6 is 10.0 Å². The van der Waals surface area contributed by atoms with Gasteiger partial charge >= 0.3 is 5.97 Å². The van der Waals surface area contributed by atoms with Gasteiger partial charge in [-0.3, -0.25) is 4.99 Å². The topological polar surface area (TPSA) is 91.9 Å². The highest BCUT2D eigenvalue weighted by molar-refractivity contribution is 8.47. The Bertz CT molecular complexity index is 1260. The van der Waals surface area contributed by atoms with Crippen molar-refractivity contribution in [3.05, 3.63) is 95.0 Å². The van der Waals surface area contributed by atoms with Crippen molar-refractivity contribution in [3.63, 3.8) is 0 Å². The fourth-order valence-electron chi connectivity index (χ4n) is 3.53. The Balaban J connectivity index is 1.79. The third-order valence-electron chi connectivity index (χ3n) is 5.05. The first kappa shape index (κ1) is 21.2. The van der Waals surface area contributed by atoms with E-state index in [9.17, 15) is 9.90 Å². The Labute approximate surface area is 187 Å². The van der Waals surface area contributed by atoms with Crippen molar-refractivity contribution in [1.82, 2.24) is 0 Å². The second-order valence-electron chi connectivity index (χ2n) is 6.94. The van der Waals surface area contributed by atoms with Crippen LogP contribution in [0.2, 0.25) is 0 Å². The van der Waals surface area contributed by atoms with Gasteiger partial charge in [-0.1, -0.05) is 24.3 Å². The average molecular weight is 445 g/mol. The predicted molar refractivity (Wildman–Crippen MR) is 123 cm³/mol. The van der Waals surface area contributed by atoms with Gasteiger partial charge in [-0.2, -0.15) is 5.26 Å². The van der Waals surface area contributed by atoms with E-state index >= 15 is 0 Å². The molecule has 1 unspecified atom stereocenters. The van der Waals surface area contributed by atoms with Gasteiger partial charge in [0.1, 0.15) is 23.0 Å². The molecule has 32 heavy (non-hydrogen) atoms. The lowest BCUT2D eigenvalue weighted by molar-refractivity contribution is -0.131. The molecule has 0 fully saturated rings. The Hall–Kier alpha value is -4.02. The SMILES string of the molecule is COc1ccc(S2(c3ccccc3OCc3cccc(C#N)c3)C=NC=C2C(=O)O)cc1. The second-order valence-corrected chi connectivity index (χ2v) is 9.82. The minimum Gasteiger partial charge on any atom is -0.497 e. The third kappa shape index (κ3) is 3.84. The van der Waals surface area contributed by atoms with E-state index < -0.39 is 16.0 Å². The van der Waals surface area contributed by atoms with Crippen LogP contribution in [0.5, 0.6) is 11.5 Å². The molecule has 3 aromatic carbocycles. The van der Waals surface area contributed by atoms with Crippen molar-refractivity contribution in [2.75, 3.05) is 7.11 Å². The second kappa shape index (κ2) is 9.00. The fourth-order valence-corrected chi connectivity index (χ4v) is 6.67. The van der Waals surface area contributed by atoms with E-state index in [4.69, 9.17) is 14.7 Å². The van der Waals surface area contributed by atoms with Crippen molar-refractivity contribution in [1.29, 1.82) is 5.26 Å². The summed E-state index contributed by atoms with van der Waals surface area (Å²) in [5, 5.41) is 19.1. The zero-order chi connectivity index (χ0) is 22.6. The van der Waals surface area contributed by atoms with Crippen LogP contribution in [-0.2, 0) is 11.4 Å². The predicted octanol–water partition coefficient (Wildman–Crippen LogP) is 5.34. The summed E-state index contributed by atoms with van der Waals surface area (Å²) in [5.41, 5.74) is 3.12. The number of carbonyl (C=O) groups is 1. The minimum atomic E-state index is -2.29. The number of para-hydroxylation sites is 1. The van der Waals surface area contributed by atoms with Gasteiger partial charge in [0.2, 0.25) is 0 Å². The fraction of sp³-hybridized carbons (Fsp3) is 0.0800. The summed E-state index contributed by atoms with van der Waals surface area (Å²) in [5.74, 6) is 0.229. The lowest BCUT2D eigenvalue weighted by atomic mass is 10.1. The number of nitrogens with zero attached hydrogens (tertiary/aromatic N) is 2. The van der Waals surface area contributed by atoms with Crippen LogP contribution in [0.4, 0.5) is 0 Å². The van der Waals surface area contributed by atoms with Crippen LogP contribution in [0.15, 0.2) is 98.7 Å². The van der Waals surface area contributed by atoms with E-state index in [0.29, 0.717) is 17.1 Å². The Morgan fingerprint density at radius 2 is 1.88 bits per heavy atom. The molecule has 1 heterocycles. The van der Waals surface area contributed by atoms with Crippen LogP contribution in [0.1, 0.15) is 11.1 Å². The van der Waals surface area contributed by atoms with E-state index in [-0.39, 0.29) is 11.5 Å². The van der Waals surface area contributed by atoms with Gasteiger partial charge in [0.05, 0.1) is 24.3 Å². The molecule has 1 N–H and O–H groups in total. The Kier molecular flexibility index (Phi) is 5.97. The largest absolute Gasteiger partial charge is 0.497 e. The number of hydrogen-bond donors (Lipinski definition) is 1. The number of aliphatic imine (C=N–C) groups is 1. The highest BCUT2D eigenvalue weighted by Gasteiger charge is 2.40. The van der Waals surface area contributed by atoms with Gasteiger partial charge in [-0.15, -0.1) is 10.0 Å². The molecule has 1 atom stereocenters. The zero-order valence-electron chi connectivity index (χ0n) is 17.3. The lowest BCUT2D eigenvalue weighted by Crippen LogP contribution is -2.12. The van der Waals surface area contributed by atoms with E-state index in [1.807, 2.05) is 60.7 Å². The number of rotatable bonds is 7. The van der Waals surface area contributed by atoms with Crippen LogP contribution in [0.25, 0.3) is 0 Å². The Morgan fingerprint density at radius 1 is 1.09 bits per heavy atom. The van der Waals surface area contributed by atoms with Gasteiger partial charge in [-0.25, -0.2) is 4.79 Å². The monoisotopic (exact) mass is 444 g/mol. The molecule has 0 amide bonds. The summed E-state index contributed by atoms with van der Waals surface area (Å²) in [6.45, 7) is 0.244. The summed E-state index contributed by atoms with van der Waals surface area (Å²) in [6.07, 6.45) is 1.41. The van der Waals surface area contributed by atoms with Crippen molar-refractivity contribution in [3.8, 4) is 17.6 Å². The normalized spacial score (nSPS) is 18.8. The van der Waals surface area contributed by atoms with E-state index in [0.717, 1.165) is 15.4 Å². The highest BCUT2D eigenvalue weighted by Crippen LogP contribution is 2.70. The van der Waals surface area contributed by atoms with Crippen LogP contribution in [-0.4, -0.2) is 23.7 Å². The van der Waals surface area contributed by atoms with E-state index in [1.165, 1.54) is 6.20 Å². The summed E-state index contributed by atoms with van der Waals surface area (Å²) in [4.78, 5) is 18.3. The van der Waals surface area contributed by atoms with E-state index in [2.05, 4.69) is 11.1 Å². The quantitative estimate of drug-likeness (QED) is 0.531. The number of hydrogen-bond acceptors (Lipinski definition) is 5. The third-order valence-corrected chi connectivity index (χ3v) is 8.50. The van der Waals surface area contributed by atoms with Gasteiger partial charge in [0.25, 0.3) is 0 Å². The number of nitriles is 1. The van der Waals surface area contributed by atoms with Crippen molar-refractivity contribution >= 4 is 21.5 Å². The van der Waals surface area contributed by atoms with E-state index in [1.54, 1.807) is 24.8 Å². The molecule has 0 aromatic heterocycles. The van der Waals surface area contributed by atoms with Crippen LogP contribution in [0.3, 0.4) is 0 Å². The molecule has 6 nitrogen and oxygen atoms in total. The first-order chi connectivity index (χ1) is 15.6. The molecule has 0 aliphatic carbocycles. The van der Waals surface area contributed by atoms with Crippen molar-refractivity contribution in [2.45, 2.75) is 16.4 Å². The molecular weight excluding hydrogens is 424 g/mol. The molecule has 0 bridgehead atoms. The molecule has 0 spiro atoms. The number of aliphatic carboxylic acids is 1. The highest BCUT2D eigenvalue weighted by atomic mass is 32.3. The molecule has 1 aliphatic rings. The number of carboxylic acids is 1. The zero-order valence-corrected chi connectivity index (χ0v) is 18.1. The maximum Gasteiger partial charge on any atom is 0.343 e. The smallest absolute Gasteiger partial charge is 0.343 e. The van der Waals surface area contributed by atoms with Crippen LogP contribution in [0, 0.1) is 11.3 Å². The summed E-state index contributed by atoms with van der Waals surface area (Å²) < 4.78 is 11.4. The molecular formula is C25H20N2O4S. The maximum atomic E-state index is 12.2. The maximum absolute atomic E-state index is 12.2. The van der Waals surface area contributed by atoms with Crippen LogP contribution < -0.4 is 9.47 Å². The number of ether oxygens (including phenoxy) is 2. The number of methoxy groups -OCH3 is 1. The number of benzene rings is 3. The molecule has 0 radical (unpaired) electrons. The molecule has 7 heteroatoms. The van der Waals surface area contributed by atoms with Gasteiger partial charge < -0.3 is 14.6 Å². The molecule has 0 saturated heterocycles. The molecule has 160 valence electrons. The summed E-state index contributed by atoms with van der Waals surface area (Å²) in [6, 6.07) is 24.1. The number of carboxylic acid groups (broad SMARTS) is 1. The first-order valence-corrected chi connectivity index (χ1v) is 11.4. The van der Waals surface area contributed by atoms with Gasteiger partial charge in [0.15, 0.2) is 0 Å². The first-order valence-electron chi connectivity index (χ1n) is 9.73. The average Bonchev–Trinajstić information content (AvgIpc) is 3.29.